The van der Waals surface area contributed by atoms with E-state index in [0.29, 0.717) is 16.3 Å². The average Bonchev–Trinajstić information content (AvgIpc) is 3.03. The van der Waals surface area contributed by atoms with E-state index in [0.717, 1.165) is 36.0 Å². The first-order valence-electron chi connectivity index (χ1n) is 7.70. The first-order valence-corrected chi connectivity index (χ1v) is 9.62. The minimum atomic E-state index is -4.08. The number of allylic oxidation sites excluding steroid dienone is 2. The van der Waals surface area contributed by atoms with Gasteiger partial charge in [-0.25, -0.2) is 17.9 Å². The largest absolute Gasteiger partial charge is 0.495 e. The fraction of sp³-hybridized carbons (Fsp3) is 0.222. The van der Waals surface area contributed by atoms with Crippen LogP contribution in [0.2, 0.25) is 5.02 Å². The van der Waals surface area contributed by atoms with Gasteiger partial charge in [0.15, 0.2) is 0 Å². The Kier molecular flexibility index (Phi) is 4.86. The molecule has 2 aromatic rings. The third kappa shape index (κ3) is 3.56. The predicted molar refractivity (Wildman–Crippen MR) is 96.4 cm³/mol. The van der Waals surface area contributed by atoms with Gasteiger partial charge in [0.1, 0.15) is 16.5 Å². The van der Waals surface area contributed by atoms with E-state index in [2.05, 4.69) is 0 Å². The molecular weight excluding hydrogens is 365 g/mol. The number of hydrogen-bond acceptors (Lipinski definition) is 3. The van der Waals surface area contributed by atoms with Crippen molar-refractivity contribution in [2.75, 3.05) is 7.11 Å². The number of sulfonamides is 1. The van der Waals surface area contributed by atoms with Crippen molar-refractivity contribution in [3.63, 3.8) is 0 Å². The Balaban J connectivity index is 2.09. The Bertz CT molecular complexity index is 970. The molecule has 0 radical (unpaired) electrons. The first kappa shape index (κ1) is 17.9. The lowest BCUT2D eigenvalue weighted by atomic mass is 9.97. The molecule has 0 amide bonds. The summed E-state index contributed by atoms with van der Waals surface area (Å²) in [6, 6.07) is 9.57. The molecule has 0 aromatic heterocycles. The van der Waals surface area contributed by atoms with Gasteiger partial charge in [0.2, 0.25) is 10.0 Å². The fourth-order valence-electron chi connectivity index (χ4n) is 3.15. The monoisotopic (exact) mass is 381 g/mol. The van der Waals surface area contributed by atoms with Gasteiger partial charge in [0.25, 0.3) is 0 Å². The molecule has 132 valence electrons. The van der Waals surface area contributed by atoms with E-state index in [1.807, 2.05) is 12.1 Å². The number of primary sulfonamides is 1. The van der Waals surface area contributed by atoms with Crippen molar-refractivity contribution < 1.29 is 17.5 Å². The Morgan fingerprint density at radius 2 is 1.68 bits per heavy atom. The Labute approximate surface area is 151 Å². The SMILES string of the molecule is COc1cc(C2=C(c3ccc(S(N)(=O)=O)c(F)c3)CCC2)ccc1Cl. The topological polar surface area (TPSA) is 69.4 Å². The number of methoxy groups -OCH3 is 1. The van der Waals surface area contributed by atoms with Gasteiger partial charge in [-0.15, -0.1) is 0 Å². The van der Waals surface area contributed by atoms with E-state index >= 15 is 0 Å². The zero-order valence-electron chi connectivity index (χ0n) is 13.6. The molecule has 25 heavy (non-hydrogen) atoms. The van der Waals surface area contributed by atoms with E-state index in [9.17, 15) is 12.8 Å². The molecule has 0 spiro atoms. The molecule has 0 saturated heterocycles. The summed E-state index contributed by atoms with van der Waals surface area (Å²) in [6.45, 7) is 0. The first-order chi connectivity index (χ1) is 11.8. The Morgan fingerprint density at radius 1 is 1.08 bits per heavy atom. The highest BCUT2D eigenvalue weighted by atomic mass is 35.5. The van der Waals surface area contributed by atoms with Crippen LogP contribution in [0.3, 0.4) is 0 Å². The second-order valence-electron chi connectivity index (χ2n) is 5.85. The van der Waals surface area contributed by atoms with Crippen LogP contribution in [0.15, 0.2) is 41.3 Å². The van der Waals surface area contributed by atoms with Crippen LogP contribution in [0.25, 0.3) is 11.1 Å². The van der Waals surface area contributed by atoms with Crippen LogP contribution in [0.5, 0.6) is 5.75 Å². The third-order valence-corrected chi connectivity index (χ3v) is 5.56. The second-order valence-corrected chi connectivity index (χ2v) is 7.79. The number of rotatable bonds is 4. The highest BCUT2D eigenvalue weighted by molar-refractivity contribution is 7.89. The minimum Gasteiger partial charge on any atom is -0.495 e. The van der Waals surface area contributed by atoms with Gasteiger partial charge in [0.05, 0.1) is 12.1 Å². The van der Waals surface area contributed by atoms with Crippen molar-refractivity contribution in [1.82, 2.24) is 0 Å². The molecule has 0 saturated carbocycles. The summed E-state index contributed by atoms with van der Waals surface area (Å²) >= 11 is 6.08. The fourth-order valence-corrected chi connectivity index (χ4v) is 3.93. The average molecular weight is 382 g/mol. The summed E-state index contributed by atoms with van der Waals surface area (Å²) in [5, 5.41) is 5.54. The molecule has 0 bridgehead atoms. The van der Waals surface area contributed by atoms with Crippen molar-refractivity contribution in [3.8, 4) is 5.75 Å². The van der Waals surface area contributed by atoms with Crippen LogP contribution >= 0.6 is 11.6 Å². The molecule has 4 nitrogen and oxygen atoms in total. The van der Waals surface area contributed by atoms with Crippen LogP contribution in [0.4, 0.5) is 4.39 Å². The smallest absolute Gasteiger partial charge is 0.240 e. The number of hydrogen-bond donors (Lipinski definition) is 1. The van der Waals surface area contributed by atoms with E-state index in [-0.39, 0.29) is 0 Å². The zero-order chi connectivity index (χ0) is 18.2. The summed E-state index contributed by atoms with van der Waals surface area (Å²) in [5.74, 6) is -0.263. The molecule has 2 N–H and O–H groups in total. The van der Waals surface area contributed by atoms with Crippen molar-refractivity contribution in [3.05, 3.63) is 58.4 Å². The molecular formula is C18H17ClFNO3S. The summed E-state index contributed by atoms with van der Waals surface area (Å²) in [4.78, 5) is -0.496. The van der Waals surface area contributed by atoms with Crippen LogP contribution in [-0.2, 0) is 10.0 Å². The van der Waals surface area contributed by atoms with Crippen molar-refractivity contribution >= 4 is 32.8 Å². The normalized spacial score (nSPS) is 14.9. The minimum absolute atomic E-state index is 0.496. The van der Waals surface area contributed by atoms with Gasteiger partial charge < -0.3 is 4.74 Å². The summed E-state index contributed by atoms with van der Waals surface area (Å²) < 4.78 is 42.2. The molecule has 0 aliphatic heterocycles. The zero-order valence-corrected chi connectivity index (χ0v) is 15.1. The summed E-state index contributed by atoms with van der Waals surface area (Å²) in [7, 11) is -2.52. The number of ether oxygens (including phenoxy) is 1. The van der Waals surface area contributed by atoms with Crippen LogP contribution < -0.4 is 9.88 Å². The maximum Gasteiger partial charge on any atom is 0.240 e. The summed E-state index contributed by atoms with van der Waals surface area (Å²) in [6.07, 6.45) is 2.57. The van der Waals surface area contributed by atoms with Crippen molar-refractivity contribution in [1.29, 1.82) is 0 Å². The number of halogens is 2. The van der Waals surface area contributed by atoms with Crippen molar-refractivity contribution in [2.45, 2.75) is 24.2 Å². The van der Waals surface area contributed by atoms with Crippen molar-refractivity contribution in [2.24, 2.45) is 5.14 Å². The van der Waals surface area contributed by atoms with Gasteiger partial charge in [0, 0.05) is 0 Å². The van der Waals surface area contributed by atoms with Gasteiger partial charge in [-0.1, -0.05) is 23.7 Å². The third-order valence-electron chi connectivity index (χ3n) is 4.30. The Morgan fingerprint density at radius 3 is 2.24 bits per heavy atom. The van der Waals surface area contributed by atoms with E-state index < -0.39 is 20.7 Å². The van der Waals surface area contributed by atoms with E-state index in [4.69, 9.17) is 21.5 Å². The van der Waals surface area contributed by atoms with Crippen LogP contribution in [0.1, 0.15) is 30.4 Å². The lowest BCUT2D eigenvalue weighted by Crippen LogP contribution is -2.14. The quantitative estimate of drug-likeness (QED) is 0.861. The molecule has 2 aromatic carbocycles. The maximum atomic E-state index is 14.2. The molecule has 0 atom stereocenters. The molecule has 1 aliphatic rings. The van der Waals surface area contributed by atoms with Gasteiger partial charge in [-0.2, -0.15) is 0 Å². The molecule has 3 rings (SSSR count). The highest BCUT2D eigenvalue weighted by Gasteiger charge is 2.21. The van der Waals surface area contributed by atoms with Crippen LogP contribution in [0, 0.1) is 5.82 Å². The van der Waals surface area contributed by atoms with E-state index in [1.54, 1.807) is 19.2 Å². The summed E-state index contributed by atoms with van der Waals surface area (Å²) in [5.41, 5.74) is 3.69. The van der Waals surface area contributed by atoms with Gasteiger partial charge in [-0.05, 0) is 65.8 Å². The molecule has 1 aliphatic carbocycles. The van der Waals surface area contributed by atoms with Crippen LogP contribution in [-0.4, -0.2) is 15.5 Å². The lowest BCUT2D eigenvalue weighted by Gasteiger charge is -2.12. The Hall–Kier alpha value is -1.89. The predicted octanol–water partition coefficient (Wildman–Crippen LogP) is 4.23. The molecule has 7 heteroatoms. The van der Waals surface area contributed by atoms with E-state index in [1.165, 1.54) is 12.1 Å². The molecule has 0 fully saturated rings. The molecule has 0 unspecified atom stereocenters. The second kappa shape index (κ2) is 6.78. The maximum absolute atomic E-state index is 14.2. The number of nitrogens with two attached hydrogens (primary N) is 1. The molecule has 0 heterocycles. The highest BCUT2D eigenvalue weighted by Crippen LogP contribution is 2.41. The lowest BCUT2D eigenvalue weighted by molar-refractivity contribution is 0.415. The number of benzene rings is 2. The van der Waals surface area contributed by atoms with Gasteiger partial charge >= 0.3 is 0 Å². The standard InChI is InChI=1S/C18H17ClFNO3S/c1-24-17-10-12(5-7-15(17)19)14-4-2-3-13(14)11-6-8-18(16(20)9-11)25(21,22)23/h5-10H,2-4H2,1H3,(H2,21,22,23). The van der Waals surface area contributed by atoms with Gasteiger partial charge in [-0.3, -0.25) is 0 Å².